The molecular weight excluding hydrogens is 304 g/mol. The summed E-state index contributed by atoms with van der Waals surface area (Å²) in [5, 5.41) is 11.9. The minimum Gasteiger partial charge on any atom is -0.372 e. The highest BCUT2D eigenvalue weighted by molar-refractivity contribution is 5.94. The molecule has 0 aliphatic carbocycles. The van der Waals surface area contributed by atoms with Gasteiger partial charge in [-0.1, -0.05) is 48.5 Å². The summed E-state index contributed by atoms with van der Waals surface area (Å²) in [4.78, 5) is 2.31. The van der Waals surface area contributed by atoms with E-state index >= 15 is 0 Å². The molecule has 0 radical (unpaired) electrons. The van der Waals surface area contributed by atoms with Gasteiger partial charge in [0.15, 0.2) is 0 Å². The van der Waals surface area contributed by atoms with Crippen molar-refractivity contribution >= 4 is 28.1 Å². The van der Waals surface area contributed by atoms with Crippen molar-refractivity contribution in [2.75, 3.05) is 18.0 Å². The van der Waals surface area contributed by atoms with Gasteiger partial charge in [-0.05, 0) is 60.0 Å². The minimum absolute atomic E-state index is 0.682. The third-order valence-electron chi connectivity index (χ3n) is 4.51. The van der Waals surface area contributed by atoms with E-state index in [0.717, 1.165) is 29.6 Å². The van der Waals surface area contributed by atoms with Crippen LogP contribution < -0.4 is 4.90 Å². The molecule has 0 bridgehead atoms. The van der Waals surface area contributed by atoms with Crippen LogP contribution in [-0.2, 0) is 0 Å². The quantitative estimate of drug-likeness (QED) is 0.441. The van der Waals surface area contributed by atoms with Crippen molar-refractivity contribution in [1.29, 1.82) is 5.26 Å². The first-order chi connectivity index (χ1) is 12.2. The molecule has 3 aromatic rings. The maximum absolute atomic E-state index is 9.61. The molecule has 2 nitrogen and oxygen atoms in total. The molecule has 0 aliphatic rings. The van der Waals surface area contributed by atoms with Crippen LogP contribution in [0.4, 0.5) is 5.69 Å². The van der Waals surface area contributed by atoms with E-state index in [-0.39, 0.29) is 0 Å². The topological polar surface area (TPSA) is 27.0 Å². The van der Waals surface area contributed by atoms with Gasteiger partial charge in [0.1, 0.15) is 0 Å². The monoisotopic (exact) mass is 326 g/mol. The summed E-state index contributed by atoms with van der Waals surface area (Å²) in [5.41, 5.74) is 3.89. The summed E-state index contributed by atoms with van der Waals surface area (Å²) in [6.45, 7) is 6.30. The highest BCUT2D eigenvalue weighted by atomic mass is 15.1. The smallest absolute Gasteiger partial charge is 0.0998 e. The Hall–Kier alpha value is -3.05. The number of anilines is 1. The largest absolute Gasteiger partial charge is 0.372 e. The fourth-order valence-corrected chi connectivity index (χ4v) is 3.07. The SMILES string of the molecule is CCN(CC)c1ccc(/C=C(/C#N)c2ccc3ccccc3c2)cc1. The molecule has 2 heteroatoms. The third kappa shape index (κ3) is 3.72. The van der Waals surface area contributed by atoms with E-state index in [9.17, 15) is 5.26 Å². The molecule has 0 heterocycles. The summed E-state index contributed by atoms with van der Waals surface area (Å²) in [7, 11) is 0. The Balaban J connectivity index is 1.92. The number of nitriles is 1. The summed E-state index contributed by atoms with van der Waals surface area (Å²) >= 11 is 0. The molecule has 0 aliphatic heterocycles. The summed E-state index contributed by atoms with van der Waals surface area (Å²) in [6.07, 6.45) is 1.95. The van der Waals surface area contributed by atoms with E-state index in [1.807, 2.05) is 24.3 Å². The van der Waals surface area contributed by atoms with Crippen molar-refractivity contribution in [3.8, 4) is 6.07 Å². The van der Waals surface area contributed by atoms with E-state index in [1.165, 1.54) is 11.1 Å². The standard InChI is InChI=1S/C23H22N2/c1-3-25(4-2)23-13-9-18(10-14-23)15-22(17-24)21-12-11-19-7-5-6-8-20(19)16-21/h5-16H,3-4H2,1-2H3/b22-15-. The Morgan fingerprint density at radius 3 is 2.24 bits per heavy atom. The number of allylic oxidation sites excluding steroid dienone is 1. The molecule has 3 aromatic carbocycles. The lowest BCUT2D eigenvalue weighted by atomic mass is 10.00. The zero-order valence-corrected chi connectivity index (χ0v) is 14.7. The number of benzene rings is 3. The van der Waals surface area contributed by atoms with Crippen molar-refractivity contribution in [2.24, 2.45) is 0 Å². The van der Waals surface area contributed by atoms with Gasteiger partial charge in [-0.15, -0.1) is 0 Å². The summed E-state index contributed by atoms with van der Waals surface area (Å²) in [6, 6.07) is 25.1. The van der Waals surface area contributed by atoms with Crippen LogP contribution in [0.3, 0.4) is 0 Å². The van der Waals surface area contributed by atoms with Gasteiger partial charge in [0, 0.05) is 18.8 Å². The van der Waals surface area contributed by atoms with Crippen molar-refractivity contribution < 1.29 is 0 Å². The number of hydrogen-bond acceptors (Lipinski definition) is 2. The van der Waals surface area contributed by atoms with Gasteiger partial charge in [-0.25, -0.2) is 0 Å². The maximum Gasteiger partial charge on any atom is 0.0998 e. The van der Waals surface area contributed by atoms with E-state index in [1.54, 1.807) is 0 Å². The predicted molar refractivity (Wildman–Crippen MR) is 107 cm³/mol. The predicted octanol–water partition coefficient (Wildman–Crippen LogP) is 5.75. The van der Waals surface area contributed by atoms with Crippen LogP contribution in [0.15, 0.2) is 66.7 Å². The van der Waals surface area contributed by atoms with Crippen LogP contribution in [0.5, 0.6) is 0 Å². The fourth-order valence-electron chi connectivity index (χ4n) is 3.07. The Morgan fingerprint density at radius 1 is 0.920 bits per heavy atom. The normalized spacial score (nSPS) is 11.3. The van der Waals surface area contributed by atoms with Gasteiger partial charge < -0.3 is 4.90 Å². The molecule has 0 atom stereocenters. The molecule has 0 saturated carbocycles. The highest BCUT2D eigenvalue weighted by Crippen LogP contribution is 2.24. The highest BCUT2D eigenvalue weighted by Gasteiger charge is 2.04. The molecule has 124 valence electrons. The van der Waals surface area contributed by atoms with Gasteiger partial charge in [-0.3, -0.25) is 0 Å². The van der Waals surface area contributed by atoms with Crippen molar-refractivity contribution in [1.82, 2.24) is 0 Å². The molecule has 0 N–H and O–H groups in total. The van der Waals surface area contributed by atoms with Gasteiger partial charge in [0.25, 0.3) is 0 Å². The van der Waals surface area contributed by atoms with Crippen molar-refractivity contribution in [3.63, 3.8) is 0 Å². The van der Waals surface area contributed by atoms with E-state index < -0.39 is 0 Å². The molecule has 0 aromatic heterocycles. The molecule has 0 amide bonds. The summed E-state index contributed by atoms with van der Waals surface area (Å²) in [5.74, 6) is 0. The van der Waals surface area contributed by atoms with Crippen molar-refractivity contribution in [3.05, 3.63) is 77.9 Å². The number of nitrogens with zero attached hydrogens (tertiary/aromatic N) is 2. The maximum atomic E-state index is 9.61. The number of rotatable bonds is 5. The molecule has 0 unspecified atom stereocenters. The average Bonchev–Trinajstić information content (AvgIpc) is 2.68. The van der Waals surface area contributed by atoms with Crippen LogP contribution in [0, 0.1) is 11.3 Å². The Morgan fingerprint density at radius 2 is 1.60 bits per heavy atom. The first-order valence-corrected chi connectivity index (χ1v) is 8.71. The van der Waals surface area contributed by atoms with Crippen LogP contribution in [-0.4, -0.2) is 13.1 Å². The second-order valence-corrected chi connectivity index (χ2v) is 6.00. The van der Waals surface area contributed by atoms with Crippen LogP contribution in [0.1, 0.15) is 25.0 Å². The van der Waals surface area contributed by atoms with Gasteiger partial charge in [0.2, 0.25) is 0 Å². The Labute approximate surface area is 149 Å². The first kappa shape index (κ1) is 16.8. The zero-order chi connectivity index (χ0) is 17.6. The lowest BCUT2D eigenvalue weighted by Crippen LogP contribution is -2.21. The Kier molecular flexibility index (Phi) is 5.16. The first-order valence-electron chi connectivity index (χ1n) is 8.71. The van der Waals surface area contributed by atoms with E-state index in [4.69, 9.17) is 0 Å². The van der Waals surface area contributed by atoms with Crippen LogP contribution in [0.2, 0.25) is 0 Å². The molecule has 0 saturated heterocycles. The van der Waals surface area contributed by atoms with Crippen LogP contribution >= 0.6 is 0 Å². The van der Waals surface area contributed by atoms with Gasteiger partial charge >= 0.3 is 0 Å². The average molecular weight is 326 g/mol. The second kappa shape index (κ2) is 7.68. The van der Waals surface area contributed by atoms with E-state index in [0.29, 0.717) is 5.57 Å². The molecule has 0 fully saturated rings. The molecule has 25 heavy (non-hydrogen) atoms. The lowest BCUT2D eigenvalue weighted by Gasteiger charge is -2.20. The van der Waals surface area contributed by atoms with Crippen LogP contribution in [0.25, 0.3) is 22.4 Å². The minimum atomic E-state index is 0.682. The third-order valence-corrected chi connectivity index (χ3v) is 4.51. The number of fused-ring (bicyclic) bond motifs is 1. The lowest BCUT2D eigenvalue weighted by molar-refractivity contribution is 0.866. The second-order valence-electron chi connectivity index (χ2n) is 6.00. The fraction of sp³-hybridized carbons (Fsp3) is 0.174. The summed E-state index contributed by atoms with van der Waals surface area (Å²) < 4.78 is 0. The molecule has 0 spiro atoms. The van der Waals surface area contributed by atoms with Gasteiger partial charge in [-0.2, -0.15) is 5.26 Å². The van der Waals surface area contributed by atoms with E-state index in [2.05, 4.69) is 73.3 Å². The Bertz CT molecular complexity index is 926. The number of hydrogen-bond donors (Lipinski definition) is 0. The van der Waals surface area contributed by atoms with Gasteiger partial charge in [0.05, 0.1) is 11.6 Å². The zero-order valence-electron chi connectivity index (χ0n) is 14.7. The van der Waals surface area contributed by atoms with Crippen molar-refractivity contribution in [2.45, 2.75) is 13.8 Å². The molecular formula is C23H22N2. The molecule has 3 rings (SSSR count).